The summed E-state index contributed by atoms with van der Waals surface area (Å²) in [7, 11) is 0. The smallest absolute Gasteiger partial charge is 0.328 e. The summed E-state index contributed by atoms with van der Waals surface area (Å²) >= 11 is 0. The van der Waals surface area contributed by atoms with E-state index in [4.69, 9.17) is 5.11 Å². The zero-order valence-electron chi connectivity index (χ0n) is 11.2. The molecule has 0 saturated heterocycles. The molecule has 0 radical (unpaired) electrons. The van der Waals surface area contributed by atoms with Gasteiger partial charge in [-0.05, 0) is 12.8 Å². The molecule has 0 atom stereocenters. The minimum absolute atomic E-state index is 0.924. The van der Waals surface area contributed by atoms with E-state index in [0.717, 1.165) is 12.5 Å². The number of carboxylic acid groups (broad SMARTS) is 1. The molecule has 0 aliphatic carbocycles. The Labute approximate surface area is 110 Å². The van der Waals surface area contributed by atoms with Crippen molar-refractivity contribution < 1.29 is 9.90 Å². The Morgan fingerprint density at radius 2 is 1.50 bits per heavy atom. The van der Waals surface area contributed by atoms with E-state index in [1.807, 2.05) is 24.3 Å². The predicted octanol–water partition coefficient (Wildman–Crippen LogP) is 4.66. The zero-order chi connectivity index (χ0) is 13.5. The number of carbonyl (C=O) groups is 1. The molecule has 18 heavy (non-hydrogen) atoms. The van der Waals surface area contributed by atoms with Gasteiger partial charge in [-0.15, -0.1) is 0 Å². The minimum atomic E-state index is -0.924. The maximum atomic E-state index is 10.2. The van der Waals surface area contributed by atoms with E-state index in [9.17, 15) is 4.79 Å². The van der Waals surface area contributed by atoms with Gasteiger partial charge < -0.3 is 5.11 Å². The third-order valence-electron chi connectivity index (χ3n) is 2.40. The van der Waals surface area contributed by atoms with Crippen molar-refractivity contribution in [3.8, 4) is 0 Å². The van der Waals surface area contributed by atoms with Gasteiger partial charge in [-0.25, -0.2) is 4.79 Å². The summed E-state index contributed by atoms with van der Waals surface area (Å²) in [5, 5.41) is 8.34. The normalized spacial score (nSPS) is 12.5. The van der Waals surface area contributed by atoms with Crippen molar-refractivity contribution in [1.29, 1.82) is 0 Å². The van der Waals surface area contributed by atoms with Crippen LogP contribution in [-0.2, 0) is 4.79 Å². The van der Waals surface area contributed by atoms with Crippen LogP contribution in [0.4, 0.5) is 0 Å². The summed E-state index contributed by atoms with van der Waals surface area (Å²) in [6.45, 7) is 2.23. The van der Waals surface area contributed by atoms with Crippen molar-refractivity contribution in [2.45, 2.75) is 45.4 Å². The van der Waals surface area contributed by atoms with Crippen molar-refractivity contribution in [1.82, 2.24) is 0 Å². The fraction of sp³-hybridized carbons (Fsp3) is 0.438. The van der Waals surface area contributed by atoms with E-state index in [1.54, 1.807) is 6.08 Å². The fourth-order valence-electron chi connectivity index (χ4n) is 1.44. The Morgan fingerprint density at radius 1 is 0.889 bits per heavy atom. The lowest BCUT2D eigenvalue weighted by molar-refractivity contribution is -0.131. The second kappa shape index (κ2) is 13.5. The number of unbranched alkanes of at least 4 members (excludes halogenated alkanes) is 5. The molecule has 0 amide bonds. The van der Waals surface area contributed by atoms with Crippen LogP contribution in [0.2, 0.25) is 0 Å². The highest BCUT2D eigenvalue weighted by Crippen LogP contribution is 2.05. The molecule has 0 bridgehead atoms. The number of hydrogen-bond acceptors (Lipinski definition) is 1. The lowest BCUT2D eigenvalue weighted by atomic mass is 10.1. The average Bonchev–Trinajstić information content (AvgIpc) is 2.34. The number of hydrogen-bond donors (Lipinski definition) is 1. The minimum Gasteiger partial charge on any atom is -0.478 e. The van der Waals surface area contributed by atoms with E-state index in [-0.39, 0.29) is 0 Å². The summed E-state index contributed by atoms with van der Waals surface area (Å²) in [6.07, 6.45) is 21.9. The largest absolute Gasteiger partial charge is 0.478 e. The van der Waals surface area contributed by atoms with Gasteiger partial charge in [0.05, 0.1) is 0 Å². The summed E-state index contributed by atoms with van der Waals surface area (Å²) in [5.41, 5.74) is 0. The molecule has 0 spiro atoms. The van der Waals surface area contributed by atoms with Gasteiger partial charge in [-0.1, -0.05) is 75.1 Å². The van der Waals surface area contributed by atoms with Crippen LogP contribution in [-0.4, -0.2) is 11.1 Å². The van der Waals surface area contributed by atoms with Gasteiger partial charge in [0.15, 0.2) is 0 Å². The van der Waals surface area contributed by atoms with Crippen LogP contribution in [0.5, 0.6) is 0 Å². The van der Waals surface area contributed by atoms with Gasteiger partial charge in [0, 0.05) is 6.08 Å². The first-order valence-electron chi connectivity index (χ1n) is 6.67. The Balaban J connectivity index is 3.48. The van der Waals surface area contributed by atoms with Crippen LogP contribution >= 0.6 is 0 Å². The van der Waals surface area contributed by atoms with Crippen molar-refractivity contribution in [2.75, 3.05) is 0 Å². The van der Waals surface area contributed by atoms with Gasteiger partial charge in [0.1, 0.15) is 0 Å². The maximum absolute atomic E-state index is 10.2. The summed E-state index contributed by atoms with van der Waals surface area (Å²) < 4.78 is 0. The standard InChI is InChI=1S/C16H24O2/c1-2-3-4-5-6-7-8-9-10-11-12-13-14-15-16(17)18/h8-15H,2-7H2,1H3,(H,17,18)/b9-8+,11-10+,13-12+,15-14+. The van der Waals surface area contributed by atoms with Crippen LogP contribution in [0.25, 0.3) is 0 Å². The Kier molecular flexibility index (Phi) is 12.3. The fourth-order valence-corrected chi connectivity index (χ4v) is 1.44. The molecule has 0 aromatic rings. The molecule has 2 heteroatoms. The van der Waals surface area contributed by atoms with Crippen LogP contribution < -0.4 is 0 Å². The van der Waals surface area contributed by atoms with E-state index >= 15 is 0 Å². The summed E-state index contributed by atoms with van der Waals surface area (Å²) in [5.74, 6) is -0.924. The molecule has 0 heterocycles. The van der Waals surface area contributed by atoms with E-state index in [0.29, 0.717) is 0 Å². The van der Waals surface area contributed by atoms with Gasteiger partial charge in [0.25, 0.3) is 0 Å². The quantitative estimate of drug-likeness (QED) is 0.347. The number of carboxylic acids is 1. The second-order valence-corrected chi connectivity index (χ2v) is 4.10. The van der Waals surface area contributed by atoms with Crippen molar-refractivity contribution >= 4 is 5.97 Å². The highest BCUT2D eigenvalue weighted by Gasteiger charge is 1.85. The summed E-state index contributed by atoms with van der Waals surface area (Å²) in [6, 6.07) is 0. The lowest BCUT2D eigenvalue weighted by Crippen LogP contribution is -1.84. The van der Waals surface area contributed by atoms with Gasteiger partial charge in [-0.3, -0.25) is 0 Å². The van der Waals surface area contributed by atoms with E-state index in [1.165, 1.54) is 38.2 Å². The Hall–Kier alpha value is -1.57. The SMILES string of the molecule is CCCCCCC/C=C/C=C/C=C/C=C/C(=O)O. The molecule has 0 aliphatic rings. The third kappa shape index (κ3) is 14.4. The van der Waals surface area contributed by atoms with Gasteiger partial charge in [-0.2, -0.15) is 0 Å². The number of allylic oxidation sites excluding steroid dienone is 7. The maximum Gasteiger partial charge on any atom is 0.328 e. The highest BCUT2D eigenvalue weighted by atomic mass is 16.4. The van der Waals surface area contributed by atoms with Crippen LogP contribution in [0, 0.1) is 0 Å². The molecular formula is C16H24O2. The number of rotatable bonds is 10. The molecule has 2 nitrogen and oxygen atoms in total. The van der Waals surface area contributed by atoms with Crippen LogP contribution in [0.1, 0.15) is 45.4 Å². The molecule has 0 aliphatic heterocycles. The van der Waals surface area contributed by atoms with E-state index in [2.05, 4.69) is 13.0 Å². The number of aliphatic carboxylic acids is 1. The molecule has 0 saturated carbocycles. The molecule has 0 fully saturated rings. The van der Waals surface area contributed by atoms with Crippen LogP contribution in [0.15, 0.2) is 48.6 Å². The highest BCUT2D eigenvalue weighted by molar-refractivity contribution is 5.80. The molecule has 0 aromatic carbocycles. The molecule has 0 rings (SSSR count). The zero-order valence-corrected chi connectivity index (χ0v) is 11.2. The van der Waals surface area contributed by atoms with E-state index < -0.39 is 5.97 Å². The first kappa shape index (κ1) is 16.4. The topological polar surface area (TPSA) is 37.3 Å². The Bertz CT molecular complexity index is 309. The third-order valence-corrected chi connectivity index (χ3v) is 2.40. The van der Waals surface area contributed by atoms with Crippen molar-refractivity contribution in [3.63, 3.8) is 0 Å². The van der Waals surface area contributed by atoms with Crippen molar-refractivity contribution in [3.05, 3.63) is 48.6 Å². The second-order valence-electron chi connectivity index (χ2n) is 4.10. The first-order valence-corrected chi connectivity index (χ1v) is 6.67. The average molecular weight is 248 g/mol. The molecule has 1 N–H and O–H groups in total. The van der Waals surface area contributed by atoms with Gasteiger partial charge >= 0.3 is 5.97 Å². The molecule has 0 aromatic heterocycles. The molecular weight excluding hydrogens is 224 g/mol. The monoisotopic (exact) mass is 248 g/mol. The Morgan fingerprint density at radius 3 is 2.17 bits per heavy atom. The van der Waals surface area contributed by atoms with Crippen LogP contribution in [0.3, 0.4) is 0 Å². The molecule has 100 valence electrons. The lowest BCUT2D eigenvalue weighted by Gasteiger charge is -1.95. The summed E-state index contributed by atoms with van der Waals surface area (Å²) in [4.78, 5) is 10.2. The first-order chi connectivity index (χ1) is 8.77. The van der Waals surface area contributed by atoms with Crippen molar-refractivity contribution in [2.24, 2.45) is 0 Å². The predicted molar refractivity (Wildman–Crippen MR) is 77.6 cm³/mol. The van der Waals surface area contributed by atoms with Gasteiger partial charge in [0.2, 0.25) is 0 Å². The molecule has 0 unspecified atom stereocenters.